The van der Waals surface area contributed by atoms with Gasteiger partial charge < -0.3 is 23.7 Å². The van der Waals surface area contributed by atoms with E-state index in [-0.39, 0.29) is 63.7 Å². The predicted octanol–water partition coefficient (Wildman–Crippen LogP) is 6.86. The topological polar surface area (TPSA) is 112 Å². The summed E-state index contributed by atoms with van der Waals surface area (Å²) in [5, 5.41) is -0.232. The first-order valence-electron chi connectivity index (χ1n) is 15.2. The number of carbonyl (C=O) groups is 1. The summed E-state index contributed by atoms with van der Waals surface area (Å²) in [6.07, 6.45) is 1.02. The van der Waals surface area contributed by atoms with Crippen LogP contribution in [0, 0.1) is 5.82 Å². The minimum absolute atomic E-state index is 0.0214. The molecule has 0 saturated carbocycles. The van der Waals surface area contributed by atoms with Crippen molar-refractivity contribution in [1.29, 1.82) is 0 Å². The second kappa shape index (κ2) is 13.2. The Morgan fingerprint density at radius 2 is 1.72 bits per heavy atom. The number of anilines is 1. The van der Waals surface area contributed by atoms with Gasteiger partial charge >= 0.3 is 11.8 Å². The van der Waals surface area contributed by atoms with E-state index in [0.717, 1.165) is 4.57 Å². The molecule has 1 fully saturated rings. The normalized spacial score (nSPS) is 17.8. The average molecular weight is 698 g/mol. The number of pyridine rings is 2. The van der Waals surface area contributed by atoms with E-state index < -0.39 is 36.7 Å². The van der Waals surface area contributed by atoms with Crippen molar-refractivity contribution >= 4 is 54.5 Å². The van der Waals surface area contributed by atoms with Crippen LogP contribution in [0.15, 0.2) is 23.1 Å². The number of carbonyl (C=O) groups excluding carboxylic acids is 1. The van der Waals surface area contributed by atoms with Crippen LogP contribution in [0.25, 0.3) is 16.7 Å². The van der Waals surface area contributed by atoms with Crippen LogP contribution in [0.2, 0.25) is 28.4 Å². The van der Waals surface area contributed by atoms with Crippen molar-refractivity contribution < 1.29 is 23.1 Å². The smallest absolute Gasteiger partial charge is 0.410 e. The molecule has 4 rings (SSSR count). The quantitative estimate of drug-likeness (QED) is 0.149. The number of hydrogen-bond donors (Lipinski definition) is 0. The molecule has 0 bridgehead atoms. The summed E-state index contributed by atoms with van der Waals surface area (Å²) in [5.74, 6) is -0.341. The Morgan fingerprint density at radius 3 is 2.35 bits per heavy atom. The van der Waals surface area contributed by atoms with Crippen LogP contribution in [0.1, 0.15) is 55.4 Å². The first-order valence-corrected chi connectivity index (χ1v) is 18.8. The molecule has 0 N–H and O–H groups in total. The Balaban J connectivity index is 1.75. The molecule has 3 aromatic rings. The molecule has 252 valence electrons. The molecule has 1 aliphatic heterocycles. The van der Waals surface area contributed by atoms with Crippen LogP contribution in [-0.2, 0) is 9.16 Å². The van der Waals surface area contributed by atoms with E-state index in [1.807, 2.05) is 18.7 Å². The zero-order valence-corrected chi connectivity index (χ0v) is 30.6. The number of piperazine rings is 1. The van der Waals surface area contributed by atoms with E-state index in [0.29, 0.717) is 13.2 Å². The highest BCUT2D eigenvalue weighted by molar-refractivity contribution is 6.74. The summed E-state index contributed by atoms with van der Waals surface area (Å²) in [5.41, 5.74) is -1.29. The molecule has 11 nitrogen and oxygen atoms in total. The summed E-state index contributed by atoms with van der Waals surface area (Å²) in [6, 6.07) is 2.15. The van der Waals surface area contributed by atoms with Crippen LogP contribution in [0.3, 0.4) is 0 Å². The number of nitrogens with zero attached hydrogens (tertiary/aromatic N) is 6. The molecule has 0 radical (unpaired) electrons. The van der Waals surface area contributed by atoms with Gasteiger partial charge in [-0.3, -0.25) is 0 Å². The van der Waals surface area contributed by atoms with Gasteiger partial charge in [0.15, 0.2) is 30.1 Å². The first-order chi connectivity index (χ1) is 21.2. The lowest BCUT2D eigenvalue weighted by Gasteiger charge is -2.44. The first kappa shape index (κ1) is 35.8. The van der Waals surface area contributed by atoms with Crippen molar-refractivity contribution in [1.82, 2.24) is 24.4 Å². The van der Waals surface area contributed by atoms with E-state index in [2.05, 4.69) is 48.8 Å². The molecular weight excluding hydrogens is 654 g/mol. The summed E-state index contributed by atoms with van der Waals surface area (Å²) in [6.45, 7) is 21.0. The van der Waals surface area contributed by atoms with Crippen LogP contribution in [0.4, 0.5) is 15.0 Å². The minimum atomic E-state index is -2.02. The highest BCUT2D eigenvalue weighted by Crippen LogP contribution is 2.37. The number of rotatable bonds is 7. The molecule has 3 aromatic heterocycles. The Kier molecular flexibility index (Phi) is 10.3. The van der Waals surface area contributed by atoms with Gasteiger partial charge in [0, 0.05) is 37.4 Å². The molecule has 0 unspecified atom stereocenters. The fourth-order valence-corrected chi connectivity index (χ4v) is 6.29. The van der Waals surface area contributed by atoms with Gasteiger partial charge in [0.2, 0.25) is 0 Å². The van der Waals surface area contributed by atoms with Gasteiger partial charge in [-0.2, -0.15) is 4.98 Å². The molecular formula is C31H43Cl2FN6O5Si. The van der Waals surface area contributed by atoms with Crippen LogP contribution in [-0.4, -0.2) is 82.8 Å². The monoisotopic (exact) mass is 696 g/mol. The molecule has 2 atom stereocenters. The molecule has 46 heavy (non-hydrogen) atoms. The zero-order chi connectivity index (χ0) is 34.4. The van der Waals surface area contributed by atoms with Crippen molar-refractivity contribution in [2.45, 2.75) is 91.2 Å². The molecule has 4 heterocycles. The van der Waals surface area contributed by atoms with Crippen molar-refractivity contribution in [2.75, 3.05) is 31.2 Å². The van der Waals surface area contributed by atoms with Crippen molar-refractivity contribution in [3.8, 4) is 11.4 Å². The number of fused-ring (bicyclic) bond motifs is 1. The molecule has 0 spiro atoms. The van der Waals surface area contributed by atoms with Crippen LogP contribution in [0.5, 0.6) is 5.75 Å². The lowest BCUT2D eigenvalue weighted by molar-refractivity contribution is 0.0130. The highest BCUT2D eigenvalue weighted by Gasteiger charge is 2.38. The van der Waals surface area contributed by atoms with Crippen molar-refractivity contribution in [2.24, 2.45) is 0 Å². The molecule has 1 aliphatic rings. The van der Waals surface area contributed by atoms with Gasteiger partial charge in [0.1, 0.15) is 29.5 Å². The van der Waals surface area contributed by atoms with E-state index in [4.69, 9.17) is 37.1 Å². The number of aromatic nitrogens is 4. The predicted molar refractivity (Wildman–Crippen MR) is 181 cm³/mol. The fourth-order valence-electron chi connectivity index (χ4n) is 4.90. The van der Waals surface area contributed by atoms with Gasteiger partial charge in [-0.05, 0) is 58.8 Å². The van der Waals surface area contributed by atoms with Crippen LogP contribution < -0.4 is 15.3 Å². The second-order valence-corrected chi connectivity index (χ2v) is 19.6. The van der Waals surface area contributed by atoms with E-state index in [9.17, 15) is 9.59 Å². The fraction of sp³-hybridized carbons (Fsp3) is 0.581. The number of halogens is 3. The summed E-state index contributed by atoms with van der Waals surface area (Å²) in [4.78, 5) is 43.2. The van der Waals surface area contributed by atoms with Gasteiger partial charge in [0.25, 0.3) is 0 Å². The Hall–Kier alpha value is -3.00. The van der Waals surface area contributed by atoms with Gasteiger partial charge in [-0.25, -0.2) is 28.5 Å². The Labute approximate surface area is 280 Å². The number of ether oxygens (including phenoxy) is 2. The number of amides is 1. The zero-order valence-electron chi connectivity index (χ0n) is 28.1. The third kappa shape index (κ3) is 7.58. The van der Waals surface area contributed by atoms with Gasteiger partial charge in [-0.15, -0.1) is 0 Å². The minimum Gasteiger partial charge on any atom is -0.489 e. The van der Waals surface area contributed by atoms with E-state index in [1.54, 1.807) is 31.7 Å². The number of hydrogen-bond acceptors (Lipinski definition) is 9. The standard InChI is InChI=1S/C31H43Cl2FN6O5Si/c1-18-17-39(29(42)45-30(3,4)5)19(2)16-38(18)26-20-15-21(34)24(32)36-27(20)40(28(41)37-26)23-22(11-12-35-25(23)33)43-13-14-44-46(9,10)31(6,7)8/h11-12,15,18-19H,13-14,16-17H2,1-10H3/t18-,19+/m0/s1. The Bertz CT molecular complexity index is 1680. The summed E-state index contributed by atoms with van der Waals surface area (Å²) < 4.78 is 34.0. The summed E-state index contributed by atoms with van der Waals surface area (Å²) in [7, 11) is -2.02. The largest absolute Gasteiger partial charge is 0.489 e. The molecule has 0 aliphatic carbocycles. The maximum atomic E-state index is 15.0. The third-order valence-electron chi connectivity index (χ3n) is 8.32. The SMILES string of the molecule is C[C@@H]1CN(c2nc(=O)n(-c3c(OCCO[Si](C)(C)C(C)(C)C)ccnc3Cl)c3nc(Cl)c(F)cc23)[C@@H](C)CN1C(=O)OC(C)(C)C. The van der Waals surface area contributed by atoms with Gasteiger partial charge in [0.05, 0.1) is 12.0 Å². The molecule has 1 amide bonds. The lowest BCUT2D eigenvalue weighted by Crippen LogP contribution is -2.59. The third-order valence-corrected chi connectivity index (χ3v) is 13.4. The van der Waals surface area contributed by atoms with E-state index in [1.165, 1.54) is 12.3 Å². The van der Waals surface area contributed by atoms with Crippen molar-refractivity contribution in [3.63, 3.8) is 0 Å². The highest BCUT2D eigenvalue weighted by atomic mass is 35.5. The maximum Gasteiger partial charge on any atom is 0.410 e. The molecule has 0 aromatic carbocycles. The molecule has 1 saturated heterocycles. The van der Waals surface area contributed by atoms with Crippen LogP contribution >= 0.6 is 23.2 Å². The second-order valence-electron chi connectivity index (χ2n) is 14.1. The van der Waals surface area contributed by atoms with Gasteiger partial charge in [-0.1, -0.05) is 44.0 Å². The average Bonchev–Trinajstić information content (AvgIpc) is 2.92. The van der Waals surface area contributed by atoms with E-state index >= 15 is 4.39 Å². The Morgan fingerprint density at radius 1 is 1.04 bits per heavy atom. The van der Waals surface area contributed by atoms with Crippen molar-refractivity contribution in [3.05, 3.63) is 44.9 Å². The maximum absolute atomic E-state index is 15.0. The summed E-state index contributed by atoms with van der Waals surface area (Å²) >= 11 is 12.7. The molecule has 15 heteroatoms. The lowest BCUT2D eigenvalue weighted by atomic mass is 10.1.